The molecular weight excluding hydrogens is 451 g/mol. The third kappa shape index (κ3) is 4.23. The fraction of sp³-hybridized carbons (Fsp3) is 0.130. The second-order valence-corrected chi connectivity index (χ2v) is 7.59. The quantitative estimate of drug-likeness (QED) is 0.343. The average molecular weight is 465 g/mol. The summed E-state index contributed by atoms with van der Waals surface area (Å²) in [4.78, 5) is 8.10. The van der Waals surface area contributed by atoms with Gasteiger partial charge in [-0.1, -0.05) is 35.9 Å². The van der Waals surface area contributed by atoms with E-state index < -0.39 is 29.3 Å². The molecule has 0 saturated carbocycles. The van der Waals surface area contributed by atoms with Gasteiger partial charge in [0.15, 0.2) is 0 Å². The monoisotopic (exact) mass is 464 g/mol. The number of phenolic OH excluding ortho intramolecular Hbond substituents is 1. The first-order valence-corrected chi connectivity index (χ1v) is 9.76. The number of fused-ring (bicyclic) bond motifs is 1. The summed E-state index contributed by atoms with van der Waals surface area (Å²) in [5.74, 6) is -3.35. The highest BCUT2D eigenvalue weighted by Gasteiger charge is 2.34. The number of pyridine rings is 2. The number of rotatable bonds is 4. The Bertz CT molecular complexity index is 1310. The van der Waals surface area contributed by atoms with Crippen molar-refractivity contribution in [1.29, 1.82) is 0 Å². The molecule has 164 valence electrons. The Labute approximate surface area is 184 Å². The van der Waals surface area contributed by atoms with Crippen LogP contribution in [-0.4, -0.2) is 15.1 Å². The molecule has 0 aliphatic heterocycles. The van der Waals surface area contributed by atoms with Crippen LogP contribution < -0.4 is 0 Å². The molecule has 0 bridgehead atoms. The Kier molecular flexibility index (Phi) is 5.73. The molecule has 1 N–H and O–H groups in total. The minimum Gasteiger partial charge on any atom is -0.505 e. The average Bonchev–Trinajstić information content (AvgIpc) is 2.73. The molecule has 0 fully saturated rings. The van der Waals surface area contributed by atoms with Crippen molar-refractivity contribution >= 4 is 22.5 Å². The molecule has 0 aliphatic rings. The second kappa shape index (κ2) is 8.35. The number of alkyl halides is 3. The van der Waals surface area contributed by atoms with E-state index in [1.807, 2.05) is 0 Å². The molecule has 0 radical (unpaired) electrons. The van der Waals surface area contributed by atoms with E-state index in [4.69, 9.17) is 11.6 Å². The van der Waals surface area contributed by atoms with Gasteiger partial charge in [0.25, 0.3) is 0 Å². The molecule has 1 atom stereocenters. The molecule has 4 rings (SSSR count). The summed E-state index contributed by atoms with van der Waals surface area (Å²) in [6.45, 7) is 0. The summed E-state index contributed by atoms with van der Waals surface area (Å²) < 4.78 is 67.9. The number of halogens is 6. The minimum atomic E-state index is -4.86. The van der Waals surface area contributed by atoms with Crippen molar-refractivity contribution in [3.63, 3.8) is 0 Å². The van der Waals surface area contributed by atoms with Crippen molar-refractivity contribution in [2.24, 2.45) is 0 Å². The standard InChI is InChI=1S/C23H14ClF5N2O/c24-14-9-19(26)20(31-11-14)10-16(13-4-6-17(18(25)8-13)23(27,28)29)15-5-3-12-2-1-7-30-21(12)22(15)32/h1-9,11,16,32H,10H2. The van der Waals surface area contributed by atoms with E-state index in [2.05, 4.69) is 9.97 Å². The number of aromatic hydroxyl groups is 1. The van der Waals surface area contributed by atoms with Crippen LogP contribution in [0.5, 0.6) is 5.75 Å². The minimum absolute atomic E-state index is 0.0415. The Morgan fingerprint density at radius 3 is 2.44 bits per heavy atom. The van der Waals surface area contributed by atoms with Gasteiger partial charge in [-0.25, -0.2) is 8.78 Å². The lowest BCUT2D eigenvalue weighted by Gasteiger charge is -2.21. The van der Waals surface area contributed by atoms with Crippen molar-refractivity contribution < 1.29 is 27.1 Å². The van der Waals surface area contributed by atoms with Gasteiger partial charge in [-0.15, -0.1) is 0 Å². The molecule has 3 nitrogen and oxygen atoms in total. The third-order valence-corrected chi connectivity index (χ3v) is 5.34. The number of benzene rings is 2. The smallest absolute Gasteiger partial charge is 0.419 e. The highest BCUT2D eigenvalue weighted by molar-refractivity contribution is 6.30. The van der Waals surface area contributed by atoms with Crippen LogP contribution in [0.4, 0.5) is 22.0 Å². The number of hydrogen-bond acceptors (Lipinski definition) is 3. The van der Waals surface area contributed by atoms with Crippen molar-refractivity contribution in [2.75, 3.05) is 0 Å². The Morgan fingerprint density at radius 1 is 0.969 bits per heavy atom. The van der Waals surface area contributed by atoms with Crippen molar-refractivity contribution in [2.45, 2.75) is 18.5 Å². The number of aromatic nitrogens is 2. The molecule has 0 amide bonds. The lowest BCUT2D eigenvalue weighted by molar-refractivity contribution is -0.140. The zero-order valence-corrected chi connectivity index (χ0v) is 16.9. The van der Waals surface area contributed by atoms with Crippen LogP contribution in [0.2, 0.25) is 5.02 Å². The number of hydrogen-bond donors (Lipinski definition) is 1. The topological polar surface area (TPSA) is 46.0 Å². The fourth-order valence-electron chi connectivity index (χ4n) is 3.60. The lowest BCUT2D eigenvalue weighted by Crippen LogP contribution is -2.12. The molecular formula is C23H14ClF5N2O. The Balaban J connectivity index is 1.88. The first-order chi connectivity index (χ1) is 15.1. The van der Waals surface area contributed by atoms with Gasteiger partial charge in [-0.2, -0.15) is 13.2 Å². The molecule has 4 aromatic rings. The molecule has 2 aromatic heterocycles. The summed E-state index contributed by atoms with van der Waals surface area (Å²) in [6.07, 6.45) is -2.33. The molecule has 2 heterocycles. The Morgan fingerprint density at radius 2 is 1.75 bits per heavy atom. The van der Waals surface area contributed by atoms with Crippen molar-refractivity contribution in [1.82, 2.24) is 9.97 Å². The molecule has 0 spiro atoms. The largest absolute Gasteiger partial charge is 0.505 e. The Hall–Kier alpha value is -3.26. The predicted molar refractivity (Wildman–Crippen MR) is 110 cm³/mol. The van der Waals surface area contributed by atoms with Crippen molar-refractivity contribution in [3.8, 4) is 5.75 Å². The van der Waals surface area contributed by atoms with Crippen LogP contribution in [0.15, 0.2) is 60.9 Å². The van der Waals surface area contributed by atoms with Crippen LogP contribution in [0.3, 0.4) is 0 Å². The van der Waals surface area contributed by atoms with Crippen LogP contribution in [-0.2, 0) is 12.6 Å². The molecule has 9 heteroatoms. The zero-order valence-electron chi connectivity index (χ0n) is 16.2. The maximum atomic E-state index is 14.5. The zero-order chi connectivity index (χ0) is 23.0. The molecule has 32 heavy (non-hydrogen) atoms. The van der Waals surface area contributed by atoms with Gasteiger partial charge in [0.05, 0.1) is 16.3 Å². The van der Waals surface area contributed by atoms with Crippen molar-refractivity contribution in [3.05, 3.63) is 100.0 Å². The summed E-state index contributed by atoms with van der Waals surface area (Å²) in [5.41, 5.74) is -0.851. The van der Waals surface area contributed by atoms with Crippen LogP contribution in [0, 0.1) is 11.6 Å². The number of phenols is 1. The van der Waals surface area contributed by atoms with Crippen LogP contribution >= 0.6 is 11.6 Å². The summed E-state index contributed by atoms with van der Waals surface area (Å²) in [5, 5.41) is 11.6. The van der Waals surface area contributed by atoms with Gasteiger partial charge >= 0.3 is 6.18 Å². The first kappa shape index (κ1) is 22.0. The van der Waals surface area contributed by atoms with Crippen LogP contribution in [0.1, 0.15) is 28.3 Å². The van der Waals surface area contributed by atoms with E-state index in [1.54, 1.807) is 24.3 Å². The van der Waals surface area contributed by atoms with Gasteiger partial charge in [-0.3, -0.25) is 9.97 Å². The van der Waals surface area contributed by atoms with Gasteiger partial charge in [-0.05, 0) is 29.8 Å². The fourth-order valence-corrected chi connectivity index (χ4v) is 3.74. The van der Waals surface area contributed by atoms with Gasteiger partial charge < -0.3 is 5.11 Å². The number of nitrogens with zero attached hydrogens (tertiary/aromatic N) is 2. The normalized spacial score (nSPS) is 12.8. The molecule has 0 aliphatic carbocycles. The summed E-state index contributed by atoms with van der Waals surface area (Å²) >= 11 is 5.75. The van der Waals surface area contributed by atoms with Gasteiger partial charge in [0, 0.05) is 35.7 Å². The van der Waals surface area contributed by atoms with Crippen LogP contribution in [0.25, 0.3) is 10.9 Å². The summed E-state index contributed by atoms with van der Waals surface area (Å²) in [7, 11) is 0. The van der Waals surface area contributed by atoms with E-state index in [9.17, 15) is 27.1 Å². The lowest BCUT2D eigenvalue weighted by atomic mass is 9.85. The first-order valence-electron chi connectivity index (χ1n) is 9.38. The maximum Gasteiger partial charge on any atom is 0.419 e. The maximum absolute atomic E-state index is 14.5. The van der Waals surface area contributed by atoms with E-state index in [1.165, 1.54) is 12.4 Å². The predicted octanol–water partition coefficient (Wildman–Crippen LogP) is 6.66. The third-order valence-electron chi connectivity index (χ3n) is 5.14. The molecule has 0 saturated heterocycles. The van der Waals surface area contributed by atoms with E-state index in [0.717, 1.165) is 18.2 Å². The van der Waals surface area contributed by atoms with E-state index in [-0.39, 0.29) is 39.5 Å². The highest BCUT2D eigenvalue weighted by Crippen LogP contribution is 2.40. The molecule has 2 aromatic carbocycles. The molecule has 1 unspecified atom stereocenters. The van der Waals surface area contributed by atoms with E-state index >= 15 is 0 Å². The highest BCUT2D eigenvalue weighted by atomic mass is 35.5. The van der Waals surface area contributed by atoms with E-state index in [0.29, 0.717) is 11.5 Å². The van der Waals surface area contributed by atoms with Gasteiger partial charge in [0.2, 0.25) is 0 Å². The SMILES string of the molecule is Oc1c(C(Cc2ncc(Cl)cc2F)c2ccc(C(F)(F)F)c(F)c2)ccc2cccnc12. The summed E-state index contributed by atoms with van der Waals surface area (Å²) in [6, 6.07) is 10.1. The van der Waals surface area contributed by atoms with Gasteiger partial charge in [0.1, 0.15) is 22.9 Å². The second-order valence-electron chi connectivity index (χ2n) is 7.15.